The van der Waals surface area contributed by atoms with E-state index in [1.807, 2.05) is 31.9 Å². The van der Waals surface area contributed by atoms with Gasteiger partial charge in [-0.2, -0.15) is 9.97 Å². The predicted molar refractivity (Wildman–Crippen MR) is 188 cm³/mol. The molecule has 0 atom stereocenters. The number of rotatable bonds is 13. The van der Waals surface area contributed by atoms with Gasteiger partial charge < -0.3 is 43.2 Å². The highest BCUT2D eigenvalue weighted by Crippen LogP contribution is 2.26. The Hall–Kier alpha value is -5.82. The van der Waals surface area contributed by atoms with Gasteiger partial charge in [0.25, 0.3) is 18.3 Å². The van der Waals surface area contributed by atoms with Crippen molar-refractivity contribution in [3.8, 4) is 0 Å². The second-order valence-corrected chi connectivity index (χ2v) is 10.5. The SMILES string of the molecule is CC.CNc1ccc(C(=O)NCCCCNC(=O)c2ccc(N(C)Cc3cnc4nc(N)nc(N)c4n3)s2)c(/C(N)=N/NN)c1.O=CO. The number of carboxylic acid groups (broad SMARTS) is 1. The molecule has 4 rings (SSSR count). The van der Waals surface area contributed by atoms with Crippen molar-refractivity contribution in [1.29, 1.82) is 0 Å². The van der Waals surface area contributed by atoms with Crippen molar-refractivity contribution >= 4 is 69.1 Å². The lowest BCUT2D eigenvalue weighted by atomic mass is 10.0. The van der Waals surface area contributed by atoms with Crippen LogP contribution in [0.2, 0.25) is 0 Å². The molecule has 48 heavy (non-hydrogen) atoms. The Kier molecular flexibility index (Phi) is 15.7. The molecule has 3 heterocycles. The molecule has 0 bridgehead atoms. The van der Waals surface area contributed by atoms with Gasteiger partial charge in [-0.3, -0.25) is 14.4 Å². The smallest absolute Gasteiger partial charge is 0.290 e. The molecule has 0 radical (unpaired) electrons. The first-order chi connectivity index (χ1) is 23.1. The minimum absolute atomic E-state index is 0.0414. The van der Waals surface area contributed by atoms with Crippen LogP contribution in [0.15, 0.2) is 41.6 Å². The summed E-state index contributed by atoms with van der Waals surface area (Å²) in [7, 11) is 3.65. The highest BCUT2D eigenvalue weighted by molar-refractivity contribution is 7.17. The van der Waals surface area contributed by atoms with Gasteiger partial charge in [0.15, 0.2) is 22.8 Å². The number of aromatic nitrogens is 4. The Morgan fingerprint density at radius 1 is 1.02 bits per heavy atom. The average molecular weight is 683 g/mol. The maximum Gasteiger partial charge on any atom is 0.290 e. The molecule has 0 unspecified atom stereocenters. The second kappa shape index (κ2) is 19.6. The van der Waals surface area contributed by atoms with Crippen molar-refractivity contribution in [3.63, 3.8) is 0 Å². The van der Waals surface area contributed by atoms with Crippen LogP contribution in [-0.2, 0) is 11.3 Å². The number of carbonyl (C=O) groups excluding carboxylic acids is 2. The monoisotopic (exact) mass is 682 g/mol. The number of unbranched alkanes of at least 4 members (excludes halogenated alkanes) is 1. The molecule has 0 aliphatic heterocycles. The second-order valence-electron chi connectivity index (χ2n) is 9.46. The normalized spacial score (nSPS) is 10.5. The average Bonchev–Trinajstić information content (AvgIpc) is 3.58. The Morgan fingerprint density at radius 3 is 2.33 bits per heavy atom. The molecular formula is C29H42N14O4S. The van der Waals surface area contributed by atoms with E-state index in [2.05, 4.69) is 46.5 Å². The van der Waals surface area contributed by atoms with E-state index >= 15 is 0 Å². The molecule has 19 heteroatoms. The number of hydrazine groups is 1. The zero-order valence-electron chi connectivity index (χ0n) is 27.1. The van der Waals surface area contributed by atoms with Crippen LogP contribution in [0.1, 0.15) is 58.0 Å². The molecule has 1 aromatic carbocycles. The van der Waals surface area contributed by atoms with Crippen LogP contribution >= 0.6 is 11.3 Å². The van der Waals surface area contributed by atoms with Crippen molar-refractivity contribution in [2.24, 2.45) is 16.7 Å². The number of hydrazone groups is 1. The fraction of sp³-hybridized carbons (Fsp3) is 0.310. The van der Waals surface area contributed by atoms with E-state index in [1.165, 1.54) is 11.3 Å². The number of amides is 2. The molecule has 0 saturated carbocycles. The number of hydrogen-bond acceptors (Lipinski definition) is 15. The molecule has 0 saturated heterocycles. The van der Waals surface area contributed by atoms with Crippen molar-refractivity contribution in [1.82, 2.24) is 36.1 Å². The van der Waals surface area contributed by atoms with Gasteiger partial charge in [0.1, 0.15) is 0 Å². The van der Waals surface area contributed by atoms with Gasteiger partial charge in [-0.15, -0.1) is 16.4 Å². The van der Waals surface area contributed by atoms with E-state index in [4.69, 9.17) is 32.9 Å². The van der Waals surface area contributed by atoms with Crippen LogP contribution in [-0.4, -0.2) is 76.3 Å². The van der Waals surface area contributed by atoms with E-state index in [9.17, 15) is 9.59 Å². The zero-order valence-corrected chi connectivity index (χ0v) is 28.0. The van der Waals surface area contributed by atoms with Gasteiger partial charge in [-0.05, 0) is 43.2 Å². The largest absolute Gasteiger partial charge is 0.483 e. The summed E-state index contributed by atoms with van der Waals surface area (Å²) < 4.78 is 0. The van der Waals surface area contributed by atoms with Gasteiger partial charge in [0, 0.05) is 38.4 Å². The number of amidine groups is 1. The molecule has 0 fully saturated rings. The Morgan fingerprint density at radius 2 is 1.69 bits per heavy atom. The lowest BCUT2D eigenvalue weighted by Crippen LogP contribution is -2.30. The third kappa shape index (κ3) is 10.9. The van der Waals surface area contributed by atoms with Gasteiger partial charge in [0.2, 0.25) is 5.95 Å². The lowest BCUT2D eigenvalue weighted by Gasteiger charge is -2.16. The van der Waals surface area contributed by atoms with Crippen LogP contribution in [0.4, 0.5) is 22.5 Å². The molecule has 0 spiro atoms. The maximum atomic E-state index is 12.8. The third-order valence-electron chi connectivity index (χ3n) is 6.28. The third-order valence-corrected chi connectivity index (χ3v) is 7.48. The molecule has 258 valence electrons. The van der Waals surface area contributed by atoms with Gasteiger partial charge in [0.05, 0.1) is 33.9 Å². The number of fused-ring (bicyclic) bond motifs is 1. The van der Waals surface area contributed by atoms with Crippen molar-refractivity contribution in [2.45, 2.75) is 33.2 Å². The maximum absolute atomic E-state index is 12.8. The summed E-state index contributed by atoms with van der Waals surface area (Å²) in [6, 6.07) is 8.80. The van der Waals surface area contributed by atoms with Gasteiger partial charge in [-0.1, -0.05) is 13.8 Å². The van der Waals surface area contributed by atoms with E-state index in [0.29, 0.717) is 65.3 Å². The highest BCUT2D eigenvalue weighted by atomic mass is 32.1. The topological polar surface area (TPSA) is 291 Å². The fourth-order valence-electron chi connectivity index (χ4n) is 4.11. The Balaban J connectivity index is 0.00000151. The summed E-state index contributed by atoms with van der Waals surface area (Å²) in [5.41, 5.74) is 22.6. The Labute approximate surface area is 281 Å². The number of hydrogen-bond donors (Lipinski definition) is 9. The van der Waals surface area contributed by atoms with Crippen molar-refractivity contribution in [3.05, 3.63) is 58.2 Å². The summed E-state index contributed by atoms with van der Waals surface area (Å²) in [4.78, 5) is 53.1. The number of anilines is 4. The summed E-state index contributed by atoms with van der Waals surface area (Å²) in [6.45, 7) is 5.07. The van der Waals surface area contributed by atoms with Crippen LogP contribution in [0, 0.1) is 0 Å². The molecule has 4 aromatic rings. The first-order valence-electron chi connectivity index (χ1n) is 14.7. The first kappa shape index (κ1) is 38.4. The number of nitrogen functional groups attached to an aromatic ring is 2. The van der Waals surface area contributed by atoms with E-state index in [0.717, 1.165) is 10.7 Å². The number of carbonyl (C=O) groups is 3. The zero-order chi connectivity index (χ0) is 35.6. The molecule has 2 amide bonds. The van der Waals surface area contributed by atoms with Crippen LogP contribution in [0.5, 0.6) is 0 Å². The lowest BCUT2D eigenvalue weighted by molar-refractivity contribution is -0.122. The quantitative estimate of drug-likeness (QED) is 0.0238. The van der Waals surface area contributed by atoms with Crippen LogP contribution < -0.4 is 49.4 Å². The molecule has 3 aromatic heterocycles. The number of benzene rings is 1. The number of thiophene rings is 1. The van der Waals surface area contributed by atoms with Gasteiger partial charge >= 0.3 is 0 Å². The summed E-state index contributed by atoms with van der Waals surface area (Å²) >= 11 is 1.36. The minimum Gasteiger partial charge on any atom is -0.483 e. The van der Waals surface area contributed by atoms with Crippen molar-refractivity contribution < 1.29 is 19.5 Å². The van der Waals surface area contributed by atoms with Gasteiger partial charge in [-0.25, -0.2) is 21.3 Å². The summed E-state index contributed by atoms with van der Waals surface area (Å²) in [5.74, 6) is 5.08. The van der Waals surface area contributed by atoms with E-state index < -0.39 is 0 Å². The minimum atomic E-state index is -0.289. The fourth-order valence-corrected chi connectivity index (χ4v) is 4.99. The molecule has 18 nitrogen and oxygen atoms in total. The van der Waals surface area contributed by atoms with E-state index in [1.54, 1.807) is 37.5 Å². The Bertz CT molecular complexity index is 1700. The summed E-state index contributed by atoms with van der Waals surface area (Å²) in [5, 5.41) is 20.3. The number of nitrogens with zero attached hydrogens (tertiary/aromatic N) is 6. The number of nitrogens with one attached hydrogen (secondary N) is 4. The van der Waals surface area contributed by atoms with Crippen LogP contribution in [0.3, 0.4) is 0 Å². The van der Waals surface area contributed by atoms with Crippen molar-refractivity contribution in [2.75, 3.05) is 48.9 Å². The summed E-state index contributed by atoms with van der Waals surface area (Å²) in [6.07, 6.45) is 2.95. The van der Waals surface area contributed by atoms with Crippen LogP contribution in [0.25, 0.3) is 11.2 Å². The molecule has 13 N–H and O–H groups in total. The van der Waals surface area contributed by atoms with E-state index in [-0.39, 0.29) is 35.9 Å². The molecule has 0 aliphatic carbocycles. The molecule has 0 aliphatic rings. The predicted octanol–water partition coefficient (Wildman–Crippen LogP) is 1.07. The highest BCUT2D eigenvalue weighted by Gasteiger charge is 2.16. The molecular weight excluding hydrogens is 640 g/mol. The standard InChI is InChI=1S/C26H34N14O2S.C2H6.CH2O2/c1-31-14-5-6-16(17(11-14)21(27)38-39-30)24(41)32-9-3-4-10-33-25(42)18-7-8-19(43-18)40(2)13-15-12-34-23-20(35-15)22(28)36-26(29)37-23;1-2;2-1-3/h5-8,11-12,31,39H,3-4,9-10,13,30H2,1-2H3,(H2,27,38)(H,32,41)(H,33,42)(H4,28,29,34,36,37);1-2H3;1H,(H,2,3). The number of nitrogens with two attached hydrogens (primary N) is 4. The first-order valence-corrected chi connectivity index (χ1v) is 15.5.